The molecular weight excluding hydrogens is 244 g/mol. The van der Waals surface area contributed by atoms with Crippen molar-refractivity contribution in [3.8, 4) is 0 Å². The van der Waals surface area contributed by atoms with E-state index in [-0.39, 0.29) is 25.2 Å². The van der Waals surface area contributed by atoms with Gasteiger partial charge in [0.1, 0.15) is 6.54 Å². The molecule has 0 aromatic heterocycles. The highest BCUT2D eigenvalue weighted by Gasteiger charge is 2.17. The summed E-state index contributed by atoms with van der Waals surface area (Å²) in [5.74, 6) is -0.562. The van der Waals surface area contributed by atoms with Crippen molar-refractivity contribution < 1.29 is 9.59 Å². The van der Waals surface area contributed by atoms with Gasteiger partial charge >= 0.3 is 6.03 Å². The quantitative estimate of drug-likeness (QED) is 0.681. The molecule has 1 aromatic carbocycles. The Hall–Kier alpha value is -2.24. The van der Waals surface area contributed by atoms with Crippen LogP contribution < -0.4 is 16.8 Å². The zero-order valence-electron chi connectivity index (χ0n) is 11.2. The minimum Gasteiger partial charge on any atom is -0.398 e. The average molecular weight is 264 g/mol. The van der Waals surface area contributed by atoms with Gasteiger partial charge in [0, 0.05) is 18.3 Å². The fourth-order valence-corrected chi connectivity index (χ4v) is 1.61. The Morgan fingerprint density at radius 2 is 1.95 bits per heavy atom. The molecule has 1 aromatic rings. The molecule has 0 aliphatic carbocycles. The van der Waals surface area contributed by atoms with E-state index in [4.69, 9.17) is 11.5 Å². The van der Waals surface area contributed by atoms with Gasteiger partial charge in [0.2, 0.25) is 5.91 Å². The maximum Gasteiger partial charge on any atom is 0.318 e. The van der Waals surface area contributed by atoms with E-state index in [1.165, 1.54) is 4.90 Å². The molecule has 0 fully saturated rings. The van der Waals surface area contributed by atoms with Gasteiger partial charge in [-0.05, 0) is 25.5 Å². The summed E-state index contributed by atoms with van der Waals surface area (Å²) in [4.78, 5) is 24.4. The van der Waals surface area contributed by atoms with Crippen molar-refractivity contribution in [3.63, 3.8) is 0 Å². The van der Waals surface area contributed by atoms with Crippen LogP contribution in [0.1, 0.15) is 19.4 Å². The third kappa shape index (κ3) is 4.87. The van der Waals surface area contributed by atoms with E-state index in [9.17, 15) is 9.59 Å². The lowest BCUT2D eigenvalue weighted by atomic mass is 10.1. The molecule has 5 N–H and O–H groups in total. The molecule has 104 valence electrons. The monoisotopic (exact) mass is 264 g/mol. The van der Waals surface area contributed by atoms with Gasteiger partial charge in [-0.3, -0.25) is 4.79 Å². The number of benzene rings is 1. The maximum absolute atomic E-state index is 12.0. The highest BCUT2D eigenvalue weighted by Crippen LogP contribution is 2.13. The van der Waals surface area contributed by atoms with E-state index in [0.717, 1.165) is 5.56 Å². The summed E-state index contributed by atoms with van der Waals surface area (Å²) < 4.78 is 0. The van der Waals surface area contributed by atoms with Gasteiger partial charge in [-0.15, -0.1) is 0 Å². The molecule has 0 atom stereocenters. The normalized spacial score (nSPS) is 10.3. The minimum absolute atomic E-state index is 0.0176. The van der Waals surface area contributed by atoms with Crippen LogP contribution >= 0.6 is 0 Å². The number of carbonyl (C=O) groups is 2. The zero-order valence-corrected chi connectivity index (χ0v) is 11.2. The summed E-state index contributed by atoms with van der Waals surface area (Å²) in [6, 6.07) is 6.84. The molecule has 0 radical (unpaired) electrons. The van der Waals surface area contributed by atoms with Gasteiger partial charge < -0.3 is 21.7 Å². The second-order valence-corrected chi connectivity index (χ2v) is 4.63. The predicted molar refractivity (Wildman–Crippen MR) is 74.1 cm³/mol. The minimum atomic E-state index is -0.562. The number of carbonyl (C=O) groups excluding carboxylic acids is 2. The highest BCUT2D eigenvalue weighted by molar-refractivity contribution is 5.83. The first-order valence-corrected chi connectivity index (χ1v) is 6.07. The molecular formula is C13H20N4O2. The molecule has 0 heterocycles. The Labute approximate surface area is 112 Å². The van der Waals surface area contributed by atoms with Gasteiger partial charge in [0.15, 0.2) is 0 Å². The largest absolute Gasteiger partial charge is 0.398 e. The average Bonchev–Trinajstić information content (AvgIpc) is 2.29. The zero-order chi connectivity index (χ0) is 14.4. The molecule has 0 aliphatic heterocycles. The fourth-order valence-electron chi connectivity index (χ4n) is 1.61. The molecule has 0 bridgehead atoms. The molecule has 6 heteroatoms. The summed E-state index contributed by atoms with van der Waals surface area (Å²) >= 11 is 0. The molecule has 0 spiro atoms. The lowest BCUT2D eigenvalue weighted by molar-refractivity contribution is -0.118. The van der Waals surface area contributed by atoms with Crippen LogP contribution in [0.2, 0.25) is 0 Å². The smallest absolute Gasteiger partial charge is 0.318 e. The number of primary amides is 1. The number of amides is 3. The van der Waals surface area contributed by atoms with E-state index in [0.29, 0.717) is 5.69 Å². The molecule has 6 nitrogen and oxygen atoms in total. The van der Waals surface area contributed by atoms with Gasteiger partial charge in [-0.25, -0.2) is 4.79 Å². The number of nitrogen functional groups attached to an aromatic ring is 1. The Morgan fingerprint density at radius 3 is 2.47 bits per heavy atom. The van der Waals surface area contributed by atoms with Crippen LogP contribution in [0, 0.1) is 0 Å². The van der Waals surface area contributed by atoms with E-state index >= 15 is 0 Å². The van der Waals surface area contributed by atoms with Crippen LogP contribution in [0.25, 0.3) is 0 Å². The topological polar surface area (TPSA) is 101 Å². The second kappa shape index (κ2) is 6.63. The highest BCUT2D eigenvalue weighted by atomic mass is 16.2. The van der Waals surface area contributed by atoms with Crippen molar-refractivity contribution in [1.29, 1.82) is 0 Å². The summed E-state index contributed by atoms with van der Waals surface area (Å²) in [6.07, 6.45) is 0. The number of para-hydroxylation sites is 1. The number of nitrogens with two attached hydrogens (primary N) is 2. The van der Waals surface area contributed by atoms with Crippen LogP contribution in [0.15, 0.2) is 24.3 Å². The summed E-state index contributed by atoms with van der Waals surface area (Å²) in [5, 5.41) is 2.73. The number of rotatable bonds is 5. The van der Waals surface area contributed by atoms with Gasteiger partial charge in [0.05, 0.1) is 0 Å². The molecule has 1 rings (SSSR count). The first-order valence-electron chi connectivity index (χ1n) is 6.07. The molecule has 0 saturated carbocycles. The van der Waals surface area contributed by atoms with Gasteiger partial charge in [-0.1, -0.05) is 18.2 Å². The van der Waals surface area contributed by atoms with Gasteiger partial charge in [0.25, 0.3) is 0 Å². The van der Waals surface area contributed by atoms with Crippen LogP contribution in [0.3, 0.4) is 0 Å². The molecule has 19 heavy (non-hydrogen) atoms. The SMILES string of the molecule is CC(C)NC(=O)N(CC(N)=O)Cc1ccccc1N. The Morgan fingerprint density at radius 1 is 1.32 bits per heavy atom. The number of urea groups is 1. The standard InChI is InChI=1S/C13H20N4O2/c1-9(2)16-13(19)17(8-12(15)18)7-10-5-3-4-6-11(10)14/h3-6,9H,7-8,14H2,1-2H3,(H2,15,18)(H,16,19). The van der Waals surface area contributed by atoms with E-state index in [1.54, 1.807) is 6.07 Å². The third-order valence-corrected chi connectivity index (χ3v) is 2.46. The predicted octanol–water partition coefficient (Wildman–Crippen LogP) is 0.674. The molecule has 0 saturated heterocycles. The fraction of sp³-hybridized carbons (Fsp3) is 0.385. The number of hydrogen-bond donors (Lipinski definition) is 3. The molecule has 0 unspecified atom stereocenters. The Balaban J connectivity index is 2.83. The van der Waals surface area contributed by atoms with Crippen LogP contribution in [0.5, 0.6) is 0 Å². The summed E-state index contributed by atoms with van der Waals surface area (Å²) in [7, 11) is 0. The lowest BCUT2D eigenvalue weighted by Gasteiger charge is -2.23. The van der Waals surface area contributed by atoms with E-state index in [2.05, 4.69) is 5.32 Å². The van der Waals surface area contributed by atoms with Crippen LogP contribution in [-0.2, 0) is 11.3 Å². The van der Waals surface area contributed by atoms with Crippen LogP contribution in [0.4, 0.5) is 10.5 Å². The molecule has 0 aliphatic rings. The van der Waals surface area contributed by atoms with Crippen molar-refractivity contribution in [2.24, 2.45) is 5.73 Å². The molecule has 3 amide bonds. The maximum atomic E-state index is 12.0. The van der Waals surface area contributed by atoms with Gasteiger partial charge in [-0.2, -0.15) is 0 Å². The van der Waals surface area contributed by atoms with Crippen LogP contribution in [-0.4, -0.2) is 29.4 Å². The third-order valence-electron chi connectivity index (χ3n) is 2.46. The first kappa shape index (κ1) is 14.8. The van der Waals surface area contributed by atoms with Crippen molar-refractivity contribution in [3.05, 3.63) is 29.8 Å². The second-order valence-electron chi connectivity index (χ2n) is 4.63. The Bertz CT molecular complexity index is 460. The number of nitrogens with zero attached hydrogens (tertiary/aromatic N) is 1. The van der Waals surface area contributed by atoms with Crippen molar-refractivity contribution >= 4 is 17.6 Å². The summed E-state index contributed by atoms with van der Waals surface area (Å²) in [6.45, 7) is 3.79. The summed E-state index contributed by atoms with van der Waals surface area (Å²) in [5.41, 5.74) is 12.3. The number of nitrogens with one attached hydrogen (secondary N) is 1. The lowest BCUT2D eigenvalue weighted by Crippen LogP contribution is -2.46. The first-order chi connectivity index (χ1) is 8.90. The Kier molecular flexibility index (Phi) is 5.17. The van der Waals surface area contributed by atoms with Crippen molar-refractivity contribution in [2.45, 2.75) is 26.4 Å². The van der Waals surface area contributed by atoms with E-state index in [1.807, 2.05) is 32.0 Å². The number of anilines is 1. The van der Waals surface area contributed by atoms with Crippen molar-refractivity contribution in [1.82, 2.24) is 10.2 Å². The number of hydrogen-bond acceptors (Lipinski definition) is 3. The van der Waals surface area contributed by atoms with E-state index < -0.39 is 5.91 Å². The van der Waals surface area contributed by atoms with Crippen molar-refractivity contribution in [2.75, 3.05) is 12.3 Å².